The van der Waals surface area contributed by atoms with Gasteiger partial charge in [-0.25, -0.2) is 0 Å². The van der Waals surface area contributed by atoms with E-state index in [2.05, 4.69) is 39.3 Å². The highest BCUT2D eigenvalue weighted by Crippen LogP contribution is 2.36. The van der Waals surface area contributed by atoms with Gasteiger partial charge in [0, 0.05) is 16.1 Å². The van der Waals surface area contributed by atoms with E-state index in [4.69, 9.17) is 5.73 Å². The lowest BCUT2D eigenvalue weighted by atomic mass is 10.1. The minimum Gasteiger partial charge on any atom is -0.330 e. The van der Waals surface area contributed by atoms with Gasteiger partial charge >= 0.3 is 0 Å². The first kappa shape index (κ1) is 21.4. The highest BCUT2D eigenvalue weighted by molar-refractivity contribution is 6.96. The van der Waals surface area contributed by atoms with E-state index in [1.54, 1.807) is 0 Å². The zero-order chi connectivity index (χ0) is 16.4. The first-order valence-electron chi connectivity index (χ1n) is 9.39. The summed E-state index contributed by atoms with van der Waals surface area (Å²) in [6.45, 7) is 16.4. The van der Waals surface area contributed by atoms with Gasteiger partial charge in [-0.05, 0) is 13.0 Å². The van der Waals surface area contributed by atoms with E-state index >= 15 is 0 Å². The largest absolute Gasteiger partial charge is 0.330 e. The fourth-order valence-corrected chi connectivity index (χ4v) is 16.4. The van der Waals surface area contributed by atoms with Gasteiger partial charge in [0.05, 0.1) is 0 Å². The van der Waals surface area contributed by atoms with Crippen LogP contribution >= 0.6 is 0 Å². The second-order valence-electron chi connectivity index (χ2n) is 9.04. The molecule has 0 bridgehead atoms. The normalized spacial score (nSPS) is 13.1. The smallest absolute Gasteiger partial charge is 0.0447 e. The van der Waals surface area contributed by atoms with E-state index in [0.29, 0.717) is 0 Å². The molecule has 0 aromatic carbocycles. The minimum absolute atomic E-state index is 0.870. The molecule has 0 unspecified atom stereocenters. The highest BCUT2D eigenvalue weighted by atomic mass is 28.4. The van der Waals surface area contributed by atoms with E-state index in [9.17, 15) is 0 Å². The van der Waals surface area contributed by atoms with E-state index in [0.717, 1.165) is 11.7 Å². The van der Waals surface area contributed by atoms with E-state index in [-0.39, 0.29) is 0 Å². The summed E-state index contributed by atoms with van der Waals surface area (Å²) in [6, 6.07) is 0. The van der Waals surface area contributed by atoms with Crippen molar-refractivity contribution in [2.75, 3.05) is 6.54 Å². The Hall–Kier alpha value is 0.394. The summed E-state index contributed by atoms with van der Waals surface area (Å²) >= 11 is 0. The van der Waals surface area contributed by atoms with E-state index in [1.165, 1.54) is 64.2 Å². The Balaban J connectivity index is 3.65. The lowest BCUT2D eigenvalue weighted by Crippen LogP contribution is -2.43. The molecule has 0 aliphatic rings. The molecule has 21 heavy (non-hydrogen) atoms. The third-order valence-corrected chi connectivity index (χ3v) is 14.7. The third kappa shape index (κ3) is 11.6. The molecule has 0 spiro atoms. The van der Waals surface area contributed by atoms with Gasteiger partial charge in [-0.2, -0.15) is 0 Å². The number of unbranched alkanes of at least 4 members (excludes halogenated alkanes) is 8. The number of hydrogen-bond acceptors (Lipinski definition) is 1. The summed E-state index contributed by atoms with van der Waals surface area (Å²) in [6.07, 6.45) is 14.2. The summed E-state index contributed by atoms with van der Waals surface area (Å²) in [5.74, 6) is 0. The molecule has 0 saturated heterocycles. The van der Waals surface area contributed by atoms with Crippen molar-refractivity contribution < 1.29 is 0 Å². The molecule has 1 nitrogen and oxygen atoms in total. The SMILES string of the molecule is C[Si](C)(C)C(CCCCCCCCCCCN)[Si](C)(C)C. The minimum atomic E-state index is -0.965. The molecule has 0 aromatic heterocycles. The molecule has 0 rings (SSSR count). The number of hydrogen-bond donors (Lipinski definition) is 1. The van der Waals surface area contributed by atoms with Crippen LogP contribution in [0.2, 0.25) is 44.4 Å². The van der Waals surface area contributed by atoms with Crippen molar-refractivity contribution in [2.45, 2.75) is 109 Å². The molecule has 3 heteroatoms. The zero-order valence-corrected chi connectivity index (χ0v) is 17.9. The van der Waals surface area contributed by atoms with Crippen LogP contribution in [0, 0.1) is 0 Å². The average Bonchev–Trinajstić information content (AvgIpc) is 2.32. The van der Waals surface area contributed by atoms with Crippen molar-refractivity contribution in [3.8, 4) is 0 Å². The quantitative estimate of drug-likeness (QED) is 0.306. The molecule has 0 radical (unpaired) electrons. The van der Waals surface area contributed by atoms with Crippen molar-refractivity contribution >= 4 is 16.1 Å². The van der Waals surface area contributed by atoms with Gasteiger partial charge in [0.25, 0.3) is 0 Å². The Kier molecular flexibility index (Phi) is 11.2. The van der Waals surface area contributed by atoms with Gasteiger partial charge < -0.3 is 5.73 Å². The number of rotatable bonds is 13. The molecule has 0 heterocycles. The molecule has 0 aliphatic heterocycles. The lowest BCUT2D eigenvalue weighted by Gasteiger charge is -2.38. The summed E-state index contributed by atoms with van der Waals surface area (Å²) in [5.41, 5.74) is 5.52. The summed E-state index contributed by atoms with van der Waals surface area (Å²) < 4.78 is 0. The Morgan fingerprint density at radius 3 is 1.24 bits per heavy atom. The fourth-order valence-electron chi connectivity index (χ4n) is 3.90. The second-order valence-corrected chi connectivity index (χ2v) is 20.5. The molecule has 0 amide bonds. The maximum Gasteiger partial charge on any atom is 0.0447 e. The fraction of sp³-hybridized carbons (Fsp3) is 1.00. The van der Waals surface area contributed by atoms with Crippen LogP contribution in [0.15, 0.2) is 0 Å². The van der Waals surface area contributed by atoms with Crippen LogP contribution in [0.4, 0.5) is 0 Å². The first-order chi connectivity index (χ1) is 9.69. The Morgan fingerprint density at radius 2 is 0.905 bits per heavy atom. The zero-order valence-electron chi connectivity index (χ0n) is 15.9. The summed E-state index contributed by atoms with van der Waals surface area (Å²) in [5, 5.41) is 1.10. The molecular formula is C18H43NSi2. The average molecular weight is 330 g/mol. The Labute approximate surface area is 137 Å². The van der Waals surface area contributed by atoms with Gasteiger partial charge in [0.15, 0.2) is 0 Å². The monoisotopic (exact) mass is 329 g/mol. The van der Waals surface area contributed by atoms with Gasteiger partial charge in [-0.1, -0.05) is 102 Å². The van der Waals surface area contributed by atoms with Crippen LogP contribution in [0.5, 0.6) is 0 Å². The van der Waals surface area contributed by atoms with Crippen LogP contribution in [-0.2, 0) is 0 Å². The second kappa shape index (κ2) is 11.0. The lowest BCUT2D eigenvalue weighted by molar-refractivity contribution is 0.554. The maximum atomic E-state index is 5.52. The predicted molar refractivity (Wildman–Crippen MR) is 106 cm³/mol. The molecule has 2 N–H and O–H groups in total. The van der Waals surface area contributed by atoms with Gasteiger partial charge in [0.1, 0.15) is 0 Å². The molecule has 0 saturated carbocycles. The topological polar surface area (TPSA) is 26.0 Å². The molecular weight excluding hydrogens is 286 g/mol. The first-order valence-corrected chi connectivity index (χ1v) is 16.5. The molecule has 0 atom stereocenters. The van der Waals surface area contributed by atoms with Crippen LogP contribution in [0.1, 0.15) is 64.2 Å². The maximum absolute atomic E-state index is 5.52. The van der Waals surface area contributed by atoms with E-state index < -0.39 is 16.1 Å². The Bertz CT molecular complexity index is 227. The molecule has 0 aliphatic carbocycles. The van der Waals surface area contributed by atoms with Crippen LogP contribution in [-0.4, -0.2) is 22.7 Å². The van der Waals surface area contributed by atoms with Crippen LogP contribution < -0.4 is 5.73 Å². The molecule has 0 fully saturated rings. The van der Waals surface area contributed by atoms with Crippen molar-refractivity contribution in [3.05, 3.63) is 0 Å². The summed E-state index contributed by atoms with van der Waals surface area (Å²) in [7, 11) is -1.93. The molecule has 0 aromatic rings. The van der Waals surface area contributed by atoms with Gasteiger partial charge in [-0.3, -0.25) is 0 Å². The van der Waals surface area contributed by atoms with Gasteiger partial charge in [-0.15, -0.1) is 0 Å². The van der Waals surface area contributed by atoms with Crippen molar-refractivity contribution in [3.63, 3.8) is 0 Å². The predicted octanol–water partition coefficient (Wildman–Crippen LogP) is 6.43. The summed E-state index contributed by atoms with van der Waals surface area (Å²) in [4.78, 5) is 0. The molecule has 128 valence electrons. The number of nitrogens with two attached hydrogens (primary N) is 1. The third-order valence-electron chi connectivity index (χ3n) is 4.79. The van der Waals surface area contributed by atoms with Crippen molar-refractivity contribution in [2.24, 2.45) is 5.73 Å². The van der Waals surface area contributed by atoms with Crippen LogP contribution in [0.3, 0.4) is 0 Å². The van der Waals surface area contributed by atoms with Crippen molar-refractivity contribution in [1.82, 2.24) is 0 Å². The van der Waals surface area contributed by atoms with Crippen LogP contribution in [0.25, 0.3) is 0 Å². The Morgan fingerprint density at radius 1 is 0.571 bits per heavy atom. The van der Waals surface area contributed by atoms with Gasteiger partial charge in [0.2, 0.25) is 0 Å². The standard InChI is InChI=1S/C18H43NSi2/c1-20(2,3)18(21(4,5)6)16-14-12-10-8-7-9-11-13-15-17-19/h18H,7-17,19H2,1-6H3. The highest BCUT2D eigenvalue weighted by Gasteiger charge is 2.36. The van der Waals surface area contributed by atoms with Crippen molar-refractivity contribution in [1.29, 1.82) is 0 Å². The van der Waals surface area contributed by atoms with E-state index in [1.807, 2.05) is 0 Å².